The monoisotopic (exact) mass is 455 g/mol. The number of thiazole rings is 1. The molecular weight excluding hydrogens is 434 g/mol. The third-order valence-electron chi connectivity index (χ3n) is 4.82. The summed E-state index contributed by atoms with van der Waals surface area (Å²) in [7, 11) is 0. The predicted octanol–water partition coefficient (Wildman–Crippen LogP) is 4.03. The van der Waals surface area contributed by atoms with E-state index in [2.05, 4.69) is 9.71 Å². The molecule has 9 heteroatoms. The van der Waals surface area contributed by atoms with E-state index >= 15 is 0 Å². The van der Waals surface area contributed by atoms with E-state index in [9.17, 15) is 9.59 Å². The van der Waals surface area contributed by atoms with Gasteiger partial charge in [0.1, 0.15) is 0 Å². The van der Waals surface area contributed by atoms with E-state index in [1.165, 1.54) is 23.3 Å². The highest BCUT2D eigenvalue weighted by atomic mass is 32.2. The number of rotatable bonds is 7. The average Bonchev–Trinajstić information content (AvgIpc) is 3.26. The normalized spacial score (nSPS) is 13.7. The van der Waals surface area contributed by atoms with E-state index in [-0.39, 0.29) is 11.5 Å². The van der Waals surface area contributed by atoms with Crippen LogP contribution in [0.4, 0.5) is 5.13 Å². The molecular formula is C22H21N3O4S2. The molecule has 31 heavy (non-hydrogen) atoms. The van der Waals surface area contributed by atoms with Crippen molar-refractivity contribution in [3.05, 3.63) is 65.2 Å². The smallest absolute Gasteiger partial charge is 0.335 e. The highest BCUT2D eigenvalue weighted by Crippen LogP contribution is 2.27. The highest BCUT2D eigenvalue weighted by Gasteiger charge is 2.18. The summed E-state index contributed by atoms with van der Waals surface area (Å²) >= 11 is 2.93. The Morgan fingerprint density at radius 1 is 1.06 bits per heavy atom. The molecule has 2 heterocycles. The fourth-order valence-electron chi connectivity index (χ4n) is 3.14. The molecule has 1 aromatic heterocycles. The Morgan fingerprint density at radius 2 is 1.71 bits per heavy atom. The molecule has 0 spiro atoms. The third kappa shape index (κ3) is 5.63. The number of carboxylic acid groups (broad SMARTS) is 1. The number of amides is 1. The maximum atomic E-state index is 12.3. The molecule has 1 amide bonds. The molecule has 0 aliphatic carbocycles. The SMILES string of the molecule is O=C(O)c1ccc(-c2ccc(SNc3nc(CC(=O)N4CCOCC4)cs3)cc2)cc1. The minimum atomic E-state index is -0.930. The van der Waals surface area contributed by atoms with Gasteiger partial charge in [-0.25, -0.2) is 9.78 Å². The number of nitrogens with one attached hydrogen (secondary N) is 1. The molecule has 3 aromatic rings. The van der Waals surface area contributed by atoms with E-state index in [4.69, 9.17) is 9.84 Å². The highest BCUT2D eigenvalue weighted by molar-refractivity contribution is 8.00. The van der Waals surface area contributed by atoms with Crippen molar-refractivity contribution in [2.24, 2.45) is 0 Å². The summed E-state index contributed by atoms with van der Waals surface area (Å²) in [6.07, 6.45) is 0.304. The van der Waals surface area contributed by atoms with Crippen LogP contribution in [0.15, 0.2) is 58.8 Å². The van der Waals surface area contributed by atoms with E-state index < -0.39 is 5.97 Å². The van der Waals surface area contributed by atoms with Gasteiger partial charge in [0.25, 0.3) is 0 Å². The van der Waals surface area contributed by atoms with Crippen molar-refractivity contribution in [3.63, 3.8) is 0 Å². The lowest BCUT2D eigenvalue weighted by atomic mass is 10.0. The molecule has 2 N–H and O–H groups in total. The van der Waals surface area contributed by atoms with Gasteiger partial charge in [0.05, 0.1) is 30.9 Å². The average molecular weight is 456 g/mol. The van der Waals surface area contributed by atoms with Crippen LogP contribution in [0, 0.1) is 0 Å². The number of hydrogen-bond acceptors (Lipinski definition) is 7. The van der Waals surface area contributed by atoms with Crippen LogP contribution in [0.25, 0.3) is 11.1 Å². The van der Waals surface area contributed by atoms with Gasteiger partial charge in [-0.15, -0.1) is 11.3 Å². The summed E-state index contributed by atoms with van der Waals surface area (Å²) in [5.74, 6) is -0.847. The number of ether oxygens (including phenoxy) is 1. The van der Waals surface area contributed by atoms with E-state index in [0.29, 0.717) is 32.7 Å². The zero-order valence-electron chi connectivity index (χ0n) is 16.6. The summed E-state index contributed by atoms with van der Waals surface area (Å²) in [6.45, 7) is 2.48. The maximum absolute atomic E-state index is 12.3. The number of carboxylic acids is 1. The van der Waals surface area contributed by atoms with Crippen LogP contribution in [-0.4, -0.2) is 53.2 Å². The molecule has 0 atom stereocenters. The molecule has 1 fully saturated rings. The first-order valence-corrected chi connectivity index (χ1v) is 11.4. The van der Waals surface area contributed by atoms with Crippen LogP contribution in [0.5, 0.6) is 0 Å². The topological polar surface area (TPSA) is 91.8 Å². The summed E-state index contributed by atoms with van der Waals surface area (Å²) in [5.41, 5.74) is 3.02. The van der Waals surface area contributed by atoms with Gasteiger partial charge in [-0.1, -0.05) is 24.3 Å². The van der Waals surface area contributed by atoms with Crippen LogP contribution in [0.2, 0.25) is 0 Å². The van der Waals surface area contributed by atoms with Crippen molar-refractivity contribution < 1.29 is 19.4 Å². The molecule has 7 nitrogen and oxygen atoms in total. The Morgan fingerprint density at radius 3 is 2.35 bits per heavy atom. The van der Waals surface area contributed by atoms with E-state index in [1.54, 1.807) is 24.3 Å². The van der Waals surface area contributed by atoms with Gasteiger partial charge < -0.3 is 19.5 Å². The van der Waals surface area contributed by atoms with Crippen molar-refractivity contribution in [2.75, 3.05) is 31.0 Å². The molecule has 0 saturated carbocycles. The number of aromatic carboxylic acids is 1. The molecule has 0 radical (unpaired) electrons. The number of carbonyl (C=O) groups excluding carboxylic acids is 1. The van der Waals surface area contributed by atoms with Gasteiger partial charge in [0.15, 0.2) is 5.13 Å². The lowest BCUT2D eigenvalue weighted by molar-refractivity contribution is -0.134. The Hall–Kier alpha value is -2.88. The van der Waals surface area contributed by atoms with Gasteiger partial charge in [-0.2, -0.15) is 0 Å². The number of benzene rings is 2. The number of carbonyl (C=O) groups is 2. The molecule has 2 aromatic carbocycles. The molecule has 0 unspecified atom stereocenters. The summed E-state index contributed by atoms with van der Waals surface area (Å²) in [4.78, 5) is 30.7. The Balaban J connectivity index is 1.30. The first-order valence-electron chi connectivity index (χ1n) is 9.75. The second-order valence-corrected chi connectivity index (χ2v) is 8.66. The molecule has 1 saturated heterocycles. The van der Waals surface area contributed by atoms with Crippen molar-refractivity contribution >= 4 is 40.3 Å². The quantitative estimate of drug-likeness (QED) is 0.520. The number of nitrogens with zero attached hydrogens (tertiary/aromatic N) is 2. The third-order valence-corrected chi connectivity index (χ3v) is 6.56. The van der Waals surface area contributed by atoms with E-state index in [1.807, 2.05) is 34.5 Å². The number of hydrogen-bond donors (Lipinski definition) is 2. The zero-order valence-corrected chi connectivity index (χ0v) is 18.2. The van der Waals surface area contributed by atoms with Crippen LogP contribution in [-0.2, 0) is 16.0 Å². The Labute approximate surface area is 188 Å². The first-order chi connectivity index (χ1) is 15.1. The van der Waals surface area contributed by atoms with Crippen LogP contribution in [0.3, 0.4) is 0 Å². The summed E-state index contributed by atoms with van der Waals surface area (Å²) in [5, 5.41) is 11.7. The number of morpholine rings is 1. The Bertz CT molecular complexity index is 1050. The van der Waals surface area contributed by atoms with Crippen molar-refractivity contribution in [3.8, 4) is 11.1 Å². The minimum absolute atomic E-state index is 0.0831. The Kier molecular flexibility index (Phi) is 6.86. The predicted molar refractivity (Wildman–Crippen MR) is 122 cm³/mol. The minimum Gasteiger partial charge on any atom is -0.478 e. The van der Waals surface area contributed by atoms with Crippen molar-refractivity contribution in [1.29, 1.82) is 0 Å². The van der Waals surface area contributed by atoms with Gasteiger partial charge in [0.2, 0.25) is 5.91 Å². The molecule has 1 aliphatic heterocycles. The second kappa shape index (κ2) is 9.95. The lowest BCUT2D eigenvalue weighted by Crippen LogP contribution is -2.41. The largest absolute Gasteiger partial charge is 0.478 e. The van der Waals surface area contributed by atoms with Crippen molar-refractivity contribution in [1.82, 2.24) is 9.88 Å². The molecule has 4 rings (SSSR count). The fraction of sp³-hybridized carbons (Fsp3) is 0.227. The second-order valence-electron chi connectivity index (χ2n) is 6.92. The van der Waals surface area contributed by atoms with E-state index in [0.717, 1.165) is 26.8 Å². The molecule has 160 valence electrons. The summed E-state index contributed by atoms with van der Waals surface area (Å²) in [6, 6.07) is 14.8. The van der Waals surface area contributed by atoms with Gasteiger partial charge in [-0.05, 0) is 47.3 Å². The first kappa shape index (κ1) is 21.4. The van der Waals surface area contributed by atoms with Gasteiger partial charge in [-0.3, -0.25) is 4.79 Å². The fourth-order valence-corrected chi connectivity index (χ4v) is 4.53. The maximum Gasteiger partial charge on any atom is 0.335 e. The standard InChI is InChI=1S/C22H21N3O4S2/c26-20(25-9-11-29-12-10-25)13-18-14-30-22(23-18)24-31-19-7-5-16(6-8-19)15-1-3-17(4-2-15)21(27)28/h1-8,14H,9-13H2,(H,23,24)(H,27,28). The molecule has 1 aliphatic rings. The van der Waals surface area contributed by atoms with Gasteiger partial charge in [0, 0.05) is 23.4 Å². The zero-order chi connectivity index (χ0) is 21.6. The number of aromatic nitrogens is 1. The van der Waals surface area contributed by atoms with Gasteiger partial charge >= 0.3 is 5.97 Å². The number of anilines is 1. The van der Waals surface area contributed by atoms with Crippen molar-refractivity contribution in [2.45, 2.75) is 11.3 Å². The van der Waals surface area contributed by atoms with Crippen LogP contribution >= 0.6 is 23.3 Å². The lowest BCUT2D eigenvalue weighted by Gasteiger charge is -2.26. The molecule has 0 bridgehead atoms. The van der Waals surface area contributed by atoms with Crippen LogP contribution in [0.1, 0.15) is 16.1 Å². The van der Waals surface area contributed by atoms with Crippen LogP contribution < -0.4 is 4.72 Å². The summed E-state index contributed by atoms with van der Waals surface area (Å²) < 4.78 is 8.51.